The Labute approximate surface area is 129 Å². The summed E-state index contributed by atoms with van der Waals surface area (Å²) >= 11 is 6.68. The van der Waals surface area contributed by atoms with Gasteiger partial charge in [-0.2, -0.15) is 0 Å². The van der Waals surface area contributed by atoms with Crippen molar-refractivity contribution >= 4 is 37.8 Å². The van der Waals surface area contributed by atoms with E-state index in [2.05, 4.69) is 37.2 Å². The van der Waals surface area contributed by atoms with Gasteiger partial charge in [-0.05, 0) is 37.0 Å². The van der Waals surface area contributed by atoms with Crippen LogP contribution in [0.5, 0.6) is 0 Å². The van der Waals surface area contributed by atoms with Crippen LogP contribution in [0, 0.1) is 11.7 Å². The van der Waals surface area contributed by atoms with E-state index in [1.807, 2.05) is 0 Å². The van der Waals surface area contributed by atoms with Crippen LogP contribution in [0.15, 0.2) is 22.7 Å². The predicted molar refractivity (Wildman–Crippen MR) is 81.1 cm³/mol. The van der Waals surface area contributed by atoms with Gasteiger partial charge in [-0.15, -0.1) is 0 Å². The maximum atomic E-state index is 13.7. The molecule has 104 valence electrons. The van der Waals surface area contributed by atoms with E-state index in [0.29, 0.717) is 10.4 Å². The maximum absolute atomic E-state index is 13.7. The molecule has 1 aliphatic rings. The highest BCUT2D eigenvalue weighted by atomic mass is 79.9. The second-order valence-electron chi connectivity index (χ2n) is 4.90. The molecule has 1 aliphatic carbocycles. The number of carbonyl (C=O) groups is 1. The van der Waals surface area contributed by atoms with Crippen molar-refractivity contribution < 1.29 is 9.18 Å². The molecule has 0 heterocycles. The average molecular weight is 393 g/mol. The van der Waals surface area contributed by atoms with E-state index >= 15 is 0 Å². The summed E-state index contributed by atoms with van der Waals surface area (Å²) in [6, 6.07) is 4.66. The average Bonchev–Trinajstić information content (AvgIpc) is 2.39. The van der Waals surface area contributed by atoms with Crippen LogP contribution in [0.3, 0.4) is 0 Å². The zero-order valence-electron chi connectivity index (χ0n) is 10.5. The second kappa shape index (κ2) is 6.84. The number of rotatable bonds is 3. The van der Waals surface area contributed by atoms with Crippen molar-refractivity contribution in [2.24, 2.45) is 5.92 Å². The number of hydrogen-bond donors (Lipinski definition) is 1. The van der Waals surface area contributed by atoms with Crippen LogP contribution in [0.4, 0.5) is 4.39 Å². The van der Waals surface area contributed by atoms with E-state index in [1.54, 1.807) is 6.07 Å². The minimum Gasteiger partial charge on any atom is -0.349 e. The van der Waals surface area contributed by atoms with E-state index in [-0.39, 0.29) is 17.5 Å². The highest BCUT2D eigenvalue weighted by molar-refractivity contribution is 9.10. The van der Waals surface area contributed by atoms with Crippen molar-refractivity contribution in [1.82, 2.24) is 5.32 Å². The first kappa shape index (κ1) is 15.0. The highest BCUT2D eigenvalue weighted by Crippen LogP contribution is 2.26. The molecule has 0 saturated heterocycles. The Kier molecular flexibility index (Phi) is 5.39. The quantitative estimate of drug-likeness (QED) is 0.764. The van der Waals surface area contributed by atoms with Gasteiger partial charge in [0.05, 0.1) is 5.56 Å². The lowest BCUT2D eigenvalue weighted by atomic mass is 9.86. The van der Waals surface area contributed by atoms with Crippen LogP contribution in [0.25, 0.3) is 0 Å². The third-order valence-corrected chi connectivity index (χ3v) is 4.92. The van der Waals surface area contributed by atoms with Gasteiger partial charge in [-0.1, -0.05) is 44.7 Å². The molecule has 1 aromatic rings. The maximum Gasteiger partial charge on any atom is 0.254 e. The van der Waals surface area contributed by atoms with Crippen LogP contribution < -0.4 is 5.32 Å². The molecule has 19 heavy (non-hydrogen) atoms. The summed E-state index contributed by atoms with van der Waals surface area (Å²) in [5, 5.41) is 3.85. The van der Waals surface area contributed by atoms with E-state index in [9.17, 15) is 9.18 Å². The number of hydrogen-bond acceptors (Lipinski definition) is 1. The van der Waals surface area contributed by atoms with Crippen LogP contribution in [-0.2, 0) is 0 Å². The van der Waals surface area contributed by atoms with Gasteiger partial charge in [0.2, 0.25) is 0 Å². The van der Waals surface area contributed by atoms with Crippen molar-refractivity contribution in [1.29, 1.82) is 0 Å². The Morgan fingerprint density at radius 3 is 2.79 bits per heavy atom. The number of benzene rings is 1. The Bertz CT molecular complexity index is 467. The molecule has 1 amide bonds. The number of alkyl halides is 1. The standard InChI is InChI=1S/C14H16Br2FNO/c15-8-9-3-1-2-4-13(9)18-14(19)11-6-5-10(16)7-12(11)17/h5-7,9,13H,1-4,8H2,(H,18,19). The molecule has 0 spiro atoms. The summed E-state index contributed by atoms with van der Waals surface area (Å²) in [4.78, 5) is 12.1. The number of nitrogens with one attached hydrogen (secondary N) is 1. The van der Waals surface area contributed by atoms with Gasteiger partial charge in [0.1, 0.15) is 5.82 Å². The third-order valence-electron chi connectivity index (χ3n) is 3.60. The zero-order chi connectivity index (χ0) is 13.8. The van der Waals surface area contributed by atoms with E-state index in [1.165, 1.54) is 18.6 Å². The first-order chi connectivity index (χ1) is 9.11. The fourth-order valence-electron chi connectivity index (χ4n) is 2.50. The van der Waals surface area contributed by atoms with E-state index < -0.39 is 5.82 Å². The van der Waals surface area contributed by atoms with Crippen LogP contribution in [-0.4, -0.2) is 17.3 Å². The summed E-state index contributed by atoms with van der Waals surface area (Å²) in [6.07, 6.45) is 4.41. The van der Waals surface area contributed by atoms with Gasteiger partial charge in [-0.3, -0.25) is 4.79 Å². The van der Waals surface area contributed by atoms with Crippen molar-refractivity contribution in [3.63, 3.8) is 0 Å². The molecule has 0 radical (unpaired) electrons. The molecule has 2 unspecified atom stereocenters. The summed E-state index contributed by atoms with van der Waals surface area (Å²) in [6.45, 7) is 0. The fourth-order valence-corrected chi connectivity index (χ4v) is 3.61. The molecule has 0 bridgehead atoms. The van der Waals surface area contributed by atoms with Crippen molar-refractivity contribution in [2.45, 2.75) is 31.7 Å². The van der Waals surface area contributed by atoms with Crippen LogP contribution >= 0.6 is 31.9 Å². The largest absolute Gasteiger partial charge is 0.349 e. The monoisotopic (exact) mass is 391 g/mol. The minimum atomic E-state index is -0.488. The number of amides is 1. The summed E-state index contributed by atoms with van der Waals surface area (Å²) in [7, 11) is 0. The van der Waals surface area contributed by atoms with Gasteiger partial charge < -0.3 is 5.32 Å². The third kappa shape index (κ3) is 3.78. The Balaban J connectivity index is 2.07. The van der Waals surface area contributed by atoms with Crippen LogP contribution in [0.1, 0.15) is 36.0 Å². The topological polar surface area (TPSA) is 29.1 Å². The Morgan fingerprint density at radius 1 is 1.37 bits per heavy atom. The van der Waals surface area contributed by atoms with Gasteiger partial charge in [0.15, 0.2) is 0 Å². The molecule has 2 nitrogen and oxygen atoms in total. The molecule has 1 N–H and O–H groups in total. The van der Waals surface area contributed by atoms with Gasteiger partial charge in [0.25, 0.3) is 5.91 Å². The normalized spacial score (nSPS) is 23.1. The fraction of sp³-hybridized carbons (Fsp3) is 0.500. The van der Waals surface area contributed by atoms with E-state index in [4.69, 9.17) is 0 Å². The first-order valence-electron chi connectivity index (χ1n) is 6.43. The van der Waals surface area contributed by atoms with Crippen molar-refractivity contribution in [3.05, 3.63) is 34.1 Å². The molecular formula is C14H16Br2FNO. The molecule has 1 saturated carbocycles. The number of carbonyl (C=O) groups excluding carboxylic acids is 1. The summed E-state index contributed by atoms with van der Waals surface area (Å²) < 4.78 is 14.4. The van der Waals surface area contributed by atoms with E-state index in [0.717, 1.165) is 24.6 Å². The zero-order valence-corrected chi connectivity index (χ0v) is 13.6. The molecule has 1 fully saturated rings. The summed E-state index contributed by atoms with van der Waals surface area (Å²) in [5.41, 5.74) is 0.113. The van der Waals surface area contributed by atoms with Crippen LogP contribution in [0.2, 0.25) is 0 Å². The molecular weight excluding hydrogens is 377 g/mol. The SMILES string of the molecule is O=C(NC1CCCCC1CBr)c1ccc(Br)cc1F. The Morgan fingerprint density at radius 2 is 2.11 bits per heavy atom. The van der Waals surface area contributed by atoms with Gasteiger partial charge in [0, 0.05) is 15.8 Å². The predicted octanol–water partition coefficient (Wildman–Crippen LogP) is 4.27. The first-order valence-corrected chi connectivity index (χ1v) is 8.35. The molecule has 0 aliphatic heterocycles. The Hall–Kier alpha value is -0.420. The lowest BCUT2D eigenvalue weighted by Gasteiger charge is -2.31. The van der Waals surface area contributed by atoms with Crippen molar-refractivity contribution in [3.8, 4) is 0 Å². The molecule has 0 aromatic heterocycles. The van der Waals surface area contributed by atoms with Gasteiger partial charge in [-0.25, -0.2) is 4.39 Å². The molecule has 2 rings (SSSR count). The molecule has 5 heteroatoms. The van der Waals surface area contributed by atoms with Gasteiger partial charge >= 0.3 is 0 Å². The lowest BCUT2D eigenvalue weighted by molar-refractivity contribution is 0.0907. The smallest absolute Gasteiger partial charge is 0.254 e. The lowest BCUT2D eigenvalue weighted by Crippen LogP contribution is -2.43. The second-order valence-corrected chi connectivity index (χ2v) is 6.47. The van der Waals surface area contributed by atoms with Crippen molar-refractivity contribution in [2.75, 3.05) is 5.33 Å². The summed E-state index contributed by atoms with van der Waals surface area (Å²) in [5.74, 6) is -0.364. The highest BCUT2D eigenvalue weighted by Gasteiger charge is 2.26. The number of halogens is 3. The molecule has 2 atom stereocenters. The molecule has 1 aromatic carbocycles. The minimum absolute atomic E-state index is 0.113.